The molecule has 7 nitrogen and oxygen atoms in total. The number of hydrogen-bond donors (Lipinski definition) is 2. The smallest absolute Gasteiger partial charge is 0.317 e. The van der Waals surface area contributed by atoms with Crippen LogP contribution in [0.25, 0.3) is 0 Å². The first-order valence-electron chi connectivity index (χ1n) is 9.49. The van der Waals surface area contributed by atoms with Crippen molar-refractivity contribution in [3.05, 3.63) is 35.4 Å². The molecule has 2 amide bonds. The summed E-state index contributed by atoms with van der Waals surface area (Å²) >= 11 is 0. The highest BCUT2D eigenvalue weighted by Gasteiger charge is 2.25. The predicted molar refractivity (Wildman–Crippen MR) is 103 cm³/mol. The summed E-state index contributed by atoms with van der Waals surface area (Å²) in [6, 6.07) is 7.53. The zero-order chi connectivity index (χ0) is 19.8. The van der Waals surface area contributed by atoms with Gasteiger partial charge in [-0.3, -0.25) is 19.3 Å². The molecular weight excluding hydrogens is 346 g/mol. The largest absolute Gasteiger partial charge is 0.480 e. The minimum absolute atomic E-state index is 0.0478. The molecule has 0 aromatic heterocycles. The fraction of sp³-hybridized carbons (Fsp3) is 0.550. The standard InChI is InChI=1S/C20H29N3O4/c1-3-10-22(14-19(25)26)13-18(24)23-11-8-16(9-12-23)21-20(27)17-7-5-4-6-15(17)2/h4-7,16H,3,8-14H2,1-2H3,(H,21,27)(H,25,26). The highest BCUT2D eigenvalue weighted by molar-refractivity contribution is 5.95. The number of nitrogens with zero attached hydrogens (tertiary/aromatic N) is 2. The maximum absolute atomic E-state index is 12.5. The first-order chi connectivity index (χ1) is 12.9. The maximum atomic E-state index is 12.5. The van der Waals surface area contributed by atoms with Gasteiger partial charge >= 0.3 is 5.97 Å². The van der Waals surface area contributed by atoms with Gasteiger partial charge in [0.1, 0.15) is 0 Å². The summed E-state index contributed by atoms with van der Waals surface area (Å²) in [5.41, 5.74) is 1.62. The van der Waals surface area contributed by atoms with Crippen LogP contribution in [0.4, 0.5) is 0 Å². The maximum Gasteiger partial charge on any atom is 0.317 e. The number of hydrogen-bond acceptors (Lipinski definition) is 4. The van der Waals surface area contributed by atoms with Crippen LogP contribution < -0.4 is 5.32 Å². The molecule has 2 rings (SSSR count). The molecule has 7 heteroatoms. The van der Waals surface area contributed by atoms with Gasteiger partial charge in [-0.25, -0.2) is 0 Å². The van der Waals surface area contributed by atoms with Crippen LogP contribution in [0.15, 0.2) is 24.3 Å². The molecule has 1 aromatic carbocycles. The lowest BCUT2D eigenvalue weighted by molar-refractivity contribution is -0.140. The second kappa shape index (κ2) is 10.1. The van der Waals surface area contributed by atoms with Crippen molar-refractivity contribution >= 4 is 17.8 Å². The molecule has 1 fully saturated rings. The molecule has 0 spiro atoms. The molecule has 0 atom stereocenters. The van der Waals surface area contributed by atoms with Gasteiger partial charge in [-0.15, -0.1) is 0 Å². The van der Waals surface area contributed by atoms with Crippen LogP contribution in [0.1, 0.15) is 42.1 Å². The summed E-state index contributed by atoms with van der Waals surface area (Å²) in [7, 11) is 0. The fourth-order valence-electron chi connectivity index (χ4n) is 3.38. The van der Waals surface area contributed by atoms with Gasteiger partial charge in [0.25, 0.3) is 5.91 Å². The number of rotatable bonds is 8. The van der Waals surface area contributed by atoms with E-state index in [4.69, 9.17) is 5.11 Å². The van der Waals surface area contributed by atoms with Gasteiger partial charge in [0.2, 0.25) is 5.91 Å². The average molecular weight is 375 g/mol. The third kappa shape index (κ3) is 6.36. The van der Waals surface area contributed by atoms with Crippen molar-refractivity contribution in [1.29, 1.82) is 0 Å². The van der Waals surface area contributed by atoms with E-state index in [-0.39, 0.29) is 30.9 Å². The third-order valence-corrected chi connectivity index (χ3v) is 4.83. The zero-order valence-electron chi connectivity index (χ0n) is 16.1. The highest BCUT2D eigenvalue weighted by atomic mass is 16.4. The zero-order valence-corrected chi connectivity index (χ0v) is 16.1. The summed E-state index contributed by atoms with van der Waals surface area (Å²) < 4.78 is 0. The van der Waals surface area contributed by atoms with E-state index < -0.39 is 5.97 Å². The lowest BCUT2D eigenvalue weighted by Gasteiger charge is -2.33. The van der Waals surface area contributed by atoms with Crippen molar-refractivity contribution in [2.75, 3.05) is 32.7 Å². The molecular formula is C20H29N3O4. The summed E-state index contributed by atoms with van der Waals surface area (Å²) in [6.07, 6.45) is 2.21. The number of aryl methyl sites for hydroxylation is 1. The number of carboxylic acids is 1. The number of aliphatic carboxylic acids is 1. The molecule has 27 heavy (non-hydrogen) atoms. The van der Waals surface area contributed by atoms with Crippen LogP contribution in [-0.4, -0.2) is 71.5 Å². The Morgan fingerprint density at radius 2 is 1.85 bits per heavy atom. The lowest BCUT2D eigenvalue weighted by atomic mass is 10.0. The molecule has 1 heterocycles. The average Bonchev–Trinajstić information content (AvgIpc) is 2.62. The first-order valence-corrected chi connectivity index (χ1v) is 9.49. The van der Waals surface area contributed by atoms with Crippen molar-refractivity contribution in [2.45, 2.75) is 39.2 Å². The van der Waals surface area contributed by atoms with Crippen molar-refractivity contribution in [3.63, 3.8) is 0 Å². The Balaban J connectivity index is 1.82. The first kappa shape index (κ1) is 20.9. The monoisotopic (exact) mass is 375 g/mol. The Hall–Kier alpha value is -2.41. The molecule has 0 radical (unpaired) electrons. The van der Waals surface area contributed by atoms with Crippen molar-refractivity contribution < 1.29 is 19.5 Å². The van der Waals surface area contributed by atoms with Crippen molar-refractivity contribution in [3.8, 4) is 0 Å². The van der Waals surface area contributed by atoms with E-state index in [1.807, 2.05) is 38.1 Å². The number of benzene rings is 1. The molecule has 0 unspecified atom stereocenters. The molecule has 2 N–H and O–H groups in total. The topological polar surface area (TPSA) is 90.0 Å². The summed E-state index contributed by atoms with van der Waals surface area (Å²) in [5.74, 6) is -1.05. The number of carboxylic acid groups (broad SMARTS) is 1. The Labute approximate surface area is 160 Å². The summed E-state index contributed by atoms with van der Waals surface area (Å²) in [6.45, 7) is 5.61. The van der Waals surface area contributed by atoms with E-state index in [1.54, 1.807) is 9.80 Å². The van der Waals surface area contributed by atoms with E-state index in [0.29, 0.717) is 38.0 Å². The highest BCUT2D eigenvalue weighted by Crippen LogP contribution is 2.13. The van der Waals surface area contributed by atoms with Gasteiger partial charge in [-0.05, 0) is 44.4 Å². The van der Waals surface area contributed by atoms with Crippen LogP contribution in [-0.2, 0) is 9.59 Å². The number of carbonyl (C=O) groups excluding carboxylic acids is 2. The fourth-order valence-corrected chi connectivity index (χ4v) is 3.38. The van der Waals surface area contributed by atoms with Gasteiger partial charge < -0.3 is 15.3 Å². The quantitative estimate of drug-likeness (QED) is 0.719. The van der Waals surface area contributed by atoms with E-state index in [2.05, 4.69) is 5.32 Å². The van der Waals surface area contributed by atoms with Crippen LogP contribution >= 0.6 is 0 Å². The predicted octanol–water partition coefficient (Wildman–Crippen LogP) is 1.51. The van der Waals surface area contributed by atoms with E-state index in [0.717, 1.165) is 12.0 Å². The minimum atomic E-state index is -0.922. The third-order valence-electron chi connectivity index (χ3n) is 4.83. The van der Waals surface area contributed by atoms with Gasteiger partial charge in [-0.1, -0.05) is 25.1 Å². The Bertz CT molecular complexity index is 669. The van der Waals surface area contributed by atoms with Crippen LogP contribution in [0.3, 0.4) is 0 Å². The Kier molecular flexibility index (Phi) is 7.79. The normalized spacial score (nSPS) is 15.0. The van der Waals surface area contributed by atoms with E-state index in [1.165, 1.54) is 0 Å². The number of carbonyl (C=O) groups is 3. The Morgan fingerprint density at radius 1 is 1.19 bits per heavy atom. The molecule has 148 valence electrons. The molecule has 1 aliphatic rings. The lowest BCUT2D eigenvalue weighted by Crippen LogP contribution is -2.49. The number of likely N-dealkylation sites (tertiary alicyclic amines) is 1. The molecule has 1 aromatic rings. The van der Waals surface area contributed by atoms with E-state index in [9.17, 15) is 14.4 Å². The number of amides is 2. The van der Waals surface area contributed by atoms with Crippen molar-refractivity contribution in [1.82, 2.24) is 15.1 Å². The molecule has 0 aliphatic carbocycles. The van der Waals surface area contributed by atoms with Gasteiger partial charge in [0.05, 0.1) is 13.1 Å². The van der Waals surface area contributed by atoms with E-state index >= 15 is 0 Å². The molecule has 1 aliphatic heterocycles. The summed E-state index contributed by atoms with van der Waals surface area (Å²) in [5, 5.41) is 12.0. The van der Waals surface area contributed by atoms with Crippen LogP contribution in [0, 0.1) is 6.92 Å². The molecule has 1 saturated heterocycles. The second-order valence-corrected chi connectivity index (χ2v) is 7.05. The van der Waals surface area contributed by atoms with Gasteiger partial charge in [0, 0.05) is 24.7 Å². The number of nitrogens with one attached hydrogen (secondary N) is 1. The summed E-state index contributed by atoms with van der Waals surface area (Å²) in [4.78, 5) is 39.2. The van der Waals surface area contributed by atoms with Crippen LogP contribution in [0.5, 0.6) is 0 Å². The van der Waals surface area contributed by atoms with Gasteiger partial charge in [-0.2, -0.15) is 0 Å². The number of piperidine rings is 1. The van der Waals surface area contributed by atoms with Crippen molar-refractivity contribution in [2.24, 2.45) is 0 Å². The second-order valence-electron chi connectivity index (χ2n) is 7.05. The SMILES string of the molecule is CCCN(CC(=O)O)CC(=O)N1CCC(NC(=O)c2ccccc2C)CC1. The Morgan fingerprint density at radius 3 is 2.44 bits per heavy atom. The molecule has 0 saturated carbocycles. The minimum Gasteiger partial charge on any atom is -0.480 e. The molecule has 0 bridgehead atoms. The van der Waals surface area contributed by atoms with Gasteiger partial charge in [0.15, 0.2) is 0 Å². The van der Waals surface area contributed by atoms with Crippen LogP contribution in [0.2, 0.25) is 0 Å².